The van der Waals surface area contributed by atoms with Crippen LogP contribution >= 0.6 is 0 Å². The number of hydrogen-bond acceptors (Lipinski definition) is 3. The average Bonchev–Trinajstić information content (AvgIpc) is 2.52. The molecule has 4 heteroatoms. The molecule has 0 spiro atoms. The topological polar surface area (TPSA) is 38.8 Å². The Kier molecular flexibility index (Phi) is 7.65. The third-order valence-corrected chi connectivity index (χ3v) is 3.55. The Morgan fingerprint density at radius 1 is 1.10 bits per heavy atom. The fourth-order valence-electron chi connectivity index (χ4n) is 2.26. The van der Waals surface area contributed by atoms with Crippen LogP contribution in [0.1, 0.15) is 45.1 Å². The number of nitrogens with zero attached hydrogens (tertiary/aromatic N) is 1. The zero-order valence-corrected chi connectivity index (χ0v) is 13.6. The Morgan fingerprint density at radius 2 is 1.81 bits per heavy atom. The van der Waals surface area contributed by atoms with Crippen molar-refractivity contribution in [2.45, 2.75) is 46.1 Å². The second-order valence-electron chi connectivity index (χ2n) is 5.05. The van der Waals surface area contributed by atoms with Gasteiger partial charge in [0, 0.05) is 19.5 Å². The predicted octanol–water partition coefficient (Wildman–Crippen LogP) is 3.63. The molecule has 0 N–H and O–H groups in total. The molecular formula is C17H27NO3. The van der Waals surface area contributed by atoms with Gasteiger partial charge in [-0.1, -0.05) is 25.8 Å². The minimum atomic E-state index is 0.223. The molecule has 0 bridgehead atoms. The number of carbonyl (C=O) groups is 1. The maximum atomic E-state index is 12.2. The fraction of sp³-hybridized carbons (Fsp3) is 0.588. The Balaban J connectivity index is 2.70. The van der Waals surface area contributed by atoms with Crippen molar-refractivity contribution in [3.8, 4) is 11.5 Å². The molecule has 1 aromatic rings. The van der Waals surface area contributed by atoms with Crippen molar-refractivity contribution in [1.29, 1.82) is 0 Å². The highest BCUT2D eigenvalue weighted by Crippen LogP contribution is 2.28. The van der Waals surface area contributed by atoms with Crippen LogP contribution in [0.15, 0.2) is 18.2 Å². The van der Waals surface area contributed by atoms with Crippen LogP contribution < -0.4 is 9.47 Å². The zero-order valence-electron chi connectivity index (χ0n) is 13.6. The molecule has 0 aliphatic carbocycles. The van der Waals surface area contributed by atoms with Crippen LogP contribution in [-0.2, 0) is 11.3 Å². The van der Waals surface area contributed by atoms with E-state index < -0.39 is 0 Å². The smallest absolute Gasteiger partial charge is 0.222 e. The number of ether oxygens (including phenoxy) is 2. The zero-order chi connectivity index (χ0) is 15.7. The van der Waals surface area contributed by atoms with E-state index in [0.29, 0.717) is 24.5 Å². The van der Waals surface area contributed by atoms with E-state index in [0.717, 1.165) is 31.4 Å². The third-order valence-electron chi connectivity index (χ3n) is 3.55. The monoisotopic (exact) mass is 293 g/mol. The summed E-state index contributed by atoms with van der Waals surface area (Å²) in [5, 5.41) is 0. The van der Waals surface area contributed by atoms with Crippen molar-refractivity contribution in [1.82, 2.24) is 4.90 Å². The Hall–Kier alpha value is -1.71. The van der Waals surface area contributed by atoms with E-state index in [1.54, 1.807) is 14.2 Å². The van der Waals surface area contributed by atoms with Gasteiger partial charge in [-0.2, -0.15) is 0 Å². The minimum Gasteiger partial charge on any atom is -0.493 e. The molecule has 0 atom stereocenters. The maximum Gasteiger partial charge on any atom is 0.222 e. The van der Waals surface area contributed by atoms with E-state index in [-0.39, 0.29) is 5.91 Å². The SMILES string of the molecule is CCCCCC(=O)N(CC)Cc1ccc(OC)c(OC)c1. The van der Waals surface area contributed by atoms with E-state index in [2.05, 4.69) is 6.92 Å². The van der Waals surface area contributed by atoms with Gasteiger partial charge in [0.2, 0.25) is 5.91 Å². The van der Waals surface area contributed by atoms with Crippen molar-refractivity contribution in [3.05, 3.63) is 23.8 Å². The Morgan fingerprint density at radius 3 is 2.38 bits per heavy atom. The Bertz CT molecular complexity index is 446. The van der Waals surface area contributed by atoms with Crippen LogP contribution in [0.2, 0.25) is 0 Å². The molecule has 0 saturated carbocycles. The lowest BCUT2D eigenvalue weighted by atomic mass is 10.1. The lowest BCUT2D eigenvalue weighted by Gasteiger charge is -2.21. The van der Waals surface area contributed by atoms with Crippen LogP contribution in [0.3, 0.4) is 0 Å². The number of benzene rings is 1. The number of carbonyl (C=O) groups excluding carboxylic acids is 1. The van der Waals surface area contributed by atoms with Gasteiger partial charge in [0.25, 0.3) is 0 Å². The van der Waals surface area contributed by atoms with Gasteiger partial charge in [-0.05, 0) is 31.0 Å². The molecule has 0 radical (unpaired) electrons. The van der Waals surface area contributed by atoms with E-state index in [9.17, 15) is 4.79 Å². The summed E-state index contributed by atoms with van der Waals surface area (Å²) >= 11 is 0. The normalized spacial score (nSPS) is 10.3. The van der Waals surface area contributed by atoms with Crippen LogP contribution in [0.4, 0.5) is 0 Å². The molecule has 0 heterocycles. The molecular weight excluding hydrogens is 266 g/mol. The standard InChI is InChI=1S/C17H27NO3/c1-5-7-8-9-17(19)18(6-2)13-14-10-11-15(20-3)16(12-14)21-4/h10-12H,5-9,13H2,1-4H3. The fourth-order valence-corrected chi connectivity index (χ4v) is 2.26. The molecule has 1 aromatic carbocycles. The highest BCUT2D eigenvalue weighted by atomic mass is 16.5. The lowest BCUT2D eigenvalue weighted by Crippen LogP contribution is -2.30. The van der Waals surface area contributed by atoms with Gasteiger partial charge < -0.3 is 14.4 Å². The first-order valence-electron chi connectivity index (χ1n) is 7.64. The van der Waals surface area contributed by atoms with Crippen molar-refractivity contribution < 1.29 is 14.3 Å². The van der Waals surface area contributed by atoms with Gasteiger partial charge in [-0.25, -0.2) is 0 Å². The molecule has 0 aromatic heterocycles. The molecule has 118 valence electrons. The van der Waals surface area contributed by atoms with E-state index in [1.165, 1.54) is 0 Å². The molecule has 0 fully saturated rings. The summed E-state index contributed by atoms with van der Waals surface area (Å²) in [6.45, 7) is 5.49. The van der Waals surface area contributed by atoms with Gasteiger partial charge in [-0.3, -0.25) is 4.79 Å². The van der Waals surface area contributed by atoms with Gasteiger partial charge in [0.05, 0.1) is 14.2 Å². The first-order chi connectivity index (χ1) is 10.2. The first-order valence-corrected chi connectivity index (χ1v) is 7.64. The number of amides is 1. The Labute approximate surface area is 128 Å². The molecule has 0 aliphatic heterocycles. The molecule has 4 nitrogen and oxygen atoms in total. The summed E-state index contributed by atoms with van der Waals surface area (Å²) in [4.78, 5) is 14.1. The molecule has 0 saturated heterocycles. The number of methoxy groups -OCH3 is 2. The summed E-state index contributed by atoms with van der Waals surface area (Å²) in [7, 11) is 3.24. The summed E-state index contributed by atoms with van der Waals surface area (Å²) in [6, 6.07) is 5.79. The van der Waals surface area contributed by atoms with Crippen LogP contribution in [-0.4, -0.2) is 31.6 Å². The third kappa shape index (κ3) is 5.29. The van der Waals surface area contributed by atoms with Crippen molar-refractivity contribution in [3.63, 3.8) is 0 Å². The molecule has 0 unspecified atom stereocenters. The molecule has 1 rings (SSSR count). The highest BCUT2D eigenvalue weighted by Gasteiger charge is 2.13. The van der Waals surface area contributed by atoms with Gasteiger partial charge in [0.1, 0.15) is 0 Å². The second kappa shape index (κ2) is 9.27. The second-order valence-corrected chi connectivity index (χ2v) is 5.05. The molecule has 1 amide bonds. The average molecular weight is 293 g/mol. The highest BCUT2D eigenvalue weighted by molar-refractivity contribution is 5.76. The van der Waals surface area contributed by atoms with Crippen LogP contribution in [0.5, 0.6) is 11.5 Å². The summed E-state index contributed by atoms with van der Waals surface area (Å²) < 4.78 is 10.5. The van der Waals surface area contributed by atoms with Gasteiger partial charge in [0.15, 0.2) is 11.5 Å². The van der Waals surface area contributed by atoms with E-state index in [4.69, 9.17) is 9.47 Å². The summed E-state index contributed by atoms with van der Waals surface area (Å²) in [5.41, 5.74) is 1.05. The predicted molar refractivity (Wildman–Crippen MR) is 84.8 cm³/mol. The lowest BCUT2D eigenvalue weighted by molar-refractivity contribution is -0.131. The largest absolute Gasteiger partial charge is 0.493 e. The molecule has 21 heavy (non-hydrogen) atoms. The van der Waals surface area contributed by atoms with Gasteiger partial charge in [-0.15, -0.1) is 0 Å². The first kappa shape index (κ1) is 17.3. The number of rotatable bonds is 9. The van der Waals surface area contributed by atoms with Gasteiger partial charge >= 0.3 is 0 Å². The summed E-state index contributed by atoms with van der Waals surface area (Å²) in [6.07, 6.45) is 3.85. The summed E-state index contributed by atoms with van der Waals surface area (Å²) in [5.74, 6) is 1.63. The van der Waals surface area contributed by atoms with E-state index in [1.807, 2.05) is 30.0 Å². The van der Waals surface area contributed by atoms with E-state index >= 15 is 0 Å². The number of hydrogen-bond donors (Lipinski definition) is 0. The minimum absolute atomic E-state index is 0.223. The number of unbranched alkanes of at least 4 members (excludes halogenated alkanes) is 2. The van der Waals surface area contributed by atoms with Crippen LogP contribution in [0.25, 0.3) is 0 Å². The quantitative estimate of drug-likeness (QED) is 0.653. The molecule has 0 aliphatic rings. The van der Waals surface area contributed by atoms with Crippen molar-refractivity contribution >= 4 is 5.91 Å². The van der Waals surface area contributed by atoms with Crippen molar-refractivity contribution in [2.24, 2.45) is 0 Å². The van der Waals surface area contributed by atoms with Crippen molar-refractivity contribution in [2.75, 3.05) is 20.8 Å². The maximum absolute atomic E-state index is 12.2. The van der Waals surface area contributed by atoms with Crippen LogP contribution in [0, 0.1) is 0 Å².